The van der Waals surface area contributed by atoms with E-state index in [-0.39, 0.29) is 5.50 Å². The Morgan fingerprint density at radius 1 is 1.70 bits per heavy atom. The first-order valence-corrected chi connectivity index (χ1v) is 3.71. The van der Waals surface area contributed by atoms with Crippen LogP contribution in [-0.2, 0) is 0 Å². The summed E-state index contributed by atoms with van der Waals surface area (Å²) in [4.78, 5) is 5.61. The van der Waals surface area contributed by atoms with Gasteiger partial charge in [-0.15, -0.1) is 0 Å². The number of alkyl halides is 1. The van der Waals surface area contributed by atoms with Crippen molar-refractivity contribution in [1.29, 1.82) is 0 Å². The Hall–Kier alpha value is -0.210. The first kappa shape index (κ1) is 7.89. The molecule has 0 saturated carbocycles. The molecule has 4 heteroatoms. The van der Waals surface area contributed by atoms with Crippen molar-refractivity contribution in [3.05, 3.63) is 11.8 Å². The minimum absolute atomic E-state index is 0.148. The molecule has 1 aliphatic heterocycles. The van der Waals surface area contributed by atoms with Crippen molar-refractivity contribution in [3.8, 4) is 0 Å². The Balaban J connectivity index is 2.86. The van der Waals surface area contributed by atoms with Gasteiger partial charge in [0.15, 0.2) is 5.29 Å². The number of amidine groups is 1. The molecule has 0 aliphatic carbocycles. The number of likely N-dealkylation sites (N-methyl/N-ethyl adjacent to an activating group) is 1. The van der Waals surface area contributed by atoms with Crippen LogP contribution in [0.25, 0.3) is 0 Å². The van der Waals surface area contributed by atoms with Crippen LogP contribution >= 0.6 is 23.2 Å². The van der Waals surface area contributed by atoms with Gasteiger partial charge in [-0.1, -0.05) is 11.6 Å². The second-order valence-corrected chi connectivity index (χ2v) is 2.97. The number of hydrogen-bond acceptors (Lipinski definition) is 2. The third-order valence-corrected chi connectivity index (χ3v) is 2.38. The molecule has 1 rings (SSSR count). The van der Waals surface area contributed by atoms with Gasteiger partial charge < -0.3 is 4.90 Å². The van der Waals surface area contributed by atoms with Gasteiger partial charge in [-0.25, -0.2) is 4.99 Å². The molecule has 0 spiro atoms. The highest BCUT2D eigenvalue weighted by Gasteiger charge is 2.18. The third kappa shape index (κ3) is 1.27. The highest BCUT2D eigenvalue weighted by Crippen LogP contribution is 2.19. The normalized spacial score (nSPS) is 26.0. The van der Waals surface area contributed by atoms with E-state index < -0.39 is 0 Å². The molecule has 0 N–H and O–H groups in total. The monoisotopic (exact) mass is 178 g/mol. The topological polar surface area (TPSA) is 15.6 Å². The summed E-state index contributed by atoms with van der Waals surface area (Å²) >= 11 is 11.6. The number of nitrogens with zero attached hydrogens (tertiary/aromatic N) is 2. The Bertz CT molecular complexity index is 176. The summed E-state index contributed by atoms with van der Waals surface area (Å²) in [5, 5.41) is 0.436. The van der Waals surface area contributed by atoms with Crippen LogP contribution in [0.15, 0.2) is 16.8 Å². The van der Waals surface area contributed by atoms with Crippen molar-refractivity contribution in [1.82, 2.24) is 4.90 Å². The number of hydrogen-bond donors (Lipinski definition) is 0. The largest absolute Gasteiger partial charge is 0.330 e. The van der Waals surface area contributed by atoms with Gasteiger partial charge in [0.25, 0.3) is 0 Å². The predicted molar refractivity (Wildman–Crippen MR) is 44.4 cm³/mol. The molecule has 1 aliphatic rings. The molecule has 0 aromatic heterocycles. The SMILES string of the molecule is CC1=CN=C(Cl)N(C)C1Cl. The Morgan fingerprint density at radius 2 is 2.30 bits per heavy atom. The first-order valence-electron chi connectivity index (χ1n) is 2.90. The van der Waals surface area contributed by atoms with Gasteiger partial charge >= 0.3 is 0 Å². The molecule has 0 aromatic carbocycles. The van der Waals surface area contributed by atoms with Crippen molar-refractivity contribution in [2.24, 2.45) is 4.99 Å². The van der Waals surface area contributed by atoms with Crippen molar-refractivity contribution < 1.29 is 0 Å². The van der Waals surface area contributed by atoms with Gasteiger partial charge in [0.2, 0.25) is 0 Å². The second kappa shape index (κ2) is 2.81. The van der Waals surface area contributed by atoms with E-state index in [0.717, 1.165) is 5.57 Å². The fourth-order valence-electron chi connectivity index (χ4n) is 0.707. The van der Waals surface area contributed by atoms with E-state index in [0.29, 0.717) is 5.29 Å². The Labute approximate surface area is 70.1 Å². The molecule has 0 saturated heterocycles. The van der Waals surface area contributed by atoms with Crippen LogP contribution in [-0.4, -0.2) is 22.7 Å². The van der Waals surface area contributed by atoms with Crippen LogP contribution < -0.4 is 0 Å². The van der Waals surface area contributed by atoms with E-state index in [2.05, 4.69) is 4.99 Å². The van der Waals surface area contributed by atoms with Crippen LogP contribution in [0.3, 0.4) is 0 Å². The van der Waals surface area contributed by atoms with Crippen LogP contribution in [0.4, 0.5) is 0 Å². The lowest BCUT2D eigenvalue weighted by atomic mass is 10.3. The molecule has 0 amide bonds. The van der Waals surface area contributed by atoms with Gasteiger partial charge in [-0.05, 0) is 24.1 Å². The third-order valence-electron chi connectivity index (χ3n) is 1.38. The van der Waals surface area contributed by atoms with E-state index in [1.54, 1.807) is 18.1 Å². The molecule has 2 nitrogen and oxygen atoms in total. The van der Waals surface area contributed by atoms with Crippen molar-refractivity contribution in [2.45, 2.75) is 12.4 Å². The maximum atomic E-state index is 5.90. The molecule has 0 fully saturated rings. The molecule has 1 atom stereocenters. The lowest BCUT2D eigenvalue weighted by Crippen LogP contribution is -2.33. The van der Waals surface area contributed by atoms with Gasteiger partial charge in [0, 0.05) is 13.2 Å². The number of rotatable bonds is 0. The zero-order valence-corrected chi connectivity index (χ0v) is 7.32. The van der Waals surface area contributed by atoms with Gasteiger partial charge in [-0.2, -0.15) is 0 Å². The second-order valence-electron chi connectivity index (χ2n) is 2.22. The minimum Gasteiger partial charge on any atom is -0.330 e. The summed E-state index contributed by atoms with van der Waals surface area (Å²) in [5.41, 5.74) is 0.860. The van der Waals surface area contributed by atoms with E-state index in [9.17, 15) is 0 Å². The minimum atomic E-state index is -0.148. The summed E-state index contributed by atoms with van der Waals surface area (Å²) in [5.74, 6) is 0. The zero-order chi connectivity index (χ0) is 7.72. The van der Waals surface area contributed by atoms with Gasteiger partial charge in [0.05, 0.1) is 0 Å². The predicted octanol–water partition coefficient (Wildman–Crippen LogP) is 2.00. The summed E-state index contributed by atoms with van der Waals surface area (Å²) in [6, 6.07) is 0. The van der Waals surface area contributed by atoms with Crippen molar-refractivity contribution in [3.63, 3.8) is 0 Å². The van der Waals surface area contributed by atoms with E-state index >= 15 is 0 Å². The molecule has 1 unspecified atom stereocenters. The summed E-state index contributed by atoms with van der Waals surface area (Å²) in [7, 11) is 1.81. The van der Waals surface area contributed by atoms with Crippen LogP contribution in [0.5, 0.6) is 0 Å². The van der Waals surface area contributed by atoms with E-state index in [4.69, 9.17) is 23.2 Å². The Kier molecular flexibility index (Phi) is 2.21. The van der Waals surface area contributed by atoms with Gasteiger partial charge in [-0.3, -0.25) is 0 Å². The van der Waals surface area contributed by atoms with E-state index in [1.165, 1.54) is 0 Å². The maximum absolute atomic E-state index is 5.90. The van der Waals surface area contributed by atoms with Crippen LogP contribution in [0.2, 0.25) is 0 Å². The fraction of sp³-hybridized carbons (Fsp3) is 0.500. The molecule has 1 heterocycles. The highest BCUT2D eigenvalue weighted by molar-refractivity contribution is 6.65. The summed E-state index contributed by atoms with van der Waals surface area (Å²) in [6.07, 6.45) is 1.68. The Morgan fingerprint density at radius 3 is 2.80 bits per heavy atom. The highest BCUT2D eigenvalue weighted by atomic mass is 35.5. The molecule has 0 radical (unpaired) electrons. The van der Waals surface area contributed by atoms with Gasteiger partial charge in [0.1, 0.15) is 5.50 Å². The standard InChI is InChI=1S/C6H8Cl2N2/c1-4-3-9-6(8)10(2)5(4)7/h3,5H,1-2H3. The maximum Gasteiger partial charge on any atom is 0.199 e. The lowest BCUT2D eigenvalue weighted by molar-refractivity contribution is 0.507. The quantitative estimate of drug-likeness (QED) is 0.410. The van der Waals surface area contributed by atoms with Crippen LogP contribution in [0, 0.1) is 0 Å². The summed E-state index contributed by atoms with van der Waals surface area (Å²) < 4.78 is 0. The smallest absolute Gasteiger partial charge is 0.199 e. The zero-order valence-electron chi connectivity index (χ0n) is 5.81. The lowest BCUT2D eigenvalue weighted by Gasteiger charge is -2.25. The molecular weight excluding hydrogens is 171 g/mol. The number of halogens is 2. The molecule has 56 valence electrons. The first-order chi connectivity index (χ1) is 4.63. The van der Waals surface area contributed by atoms with Crippen LogP contribution in [0.1, 0.15) is 6.92 Å². The fourth-order valence-corrected chi connectivity index (χ4v) is 1.05. The number of aliphatic imine (C=N–C) groups is 1. The van der Waals surface area contributed by atoms with Crippen molar-refractivity contribution >= 4 is 28.5 Å². The molecular formula is C6H8Cl2N2. The average molecular weight is 179 g/mol. The van der Waals surface area contributed by atoms with E-state index in [1.807, 2.05) is 6.92 Å². The molecule has 0 aromatic rings. The van der Waals surface area contributed by atoms with Crippen molar-refractivity contribution in [2.75, 3.05) is 7.05 Å². The molecule has 10 heavy (non-hydrogen) atoms. The molecule has 0 bridgehead atoms. The summed E-state index contributed by atoms with van der Waals surface area (Å²) in [6.45, 7) is 1.92. The average Bonchev–Trinajstić information content (AvgIpc) is 1.93.